The van der Waals surface area contributed by atoms with Crippen LogP contribution in [-0.2, 0) is 11.3 Å². The van der Waals surface area contributed by atoms with E-state index in [4.69, 9.17) is 15.2 Å². The number of nitrogens with two attached hydrogens (primary N) is 1. The SMILES string of the molecule is COCc1[nH]nc2c1[C@H](c1cccc(F)c1)C(C#N)=C(N)O2. The molecular weight excluding hydrogens is 287 g/mol. The van der Waals surface area contributed by atoms with Crippen LogP contribution in [0.2, 0.25) is 0 Å². The normalized spacial score (nSPS) is 16.9. The highest BCUT2D eigenvalue weighted by Crippen LogP contribution is 2.42. The van der Waals surface area contributed by atoms with Gasteiger partial charge in [0.2, 0.25) is 11.8 Å². The maximum absolute atomic E-state index is 13.6. The summed E-state index contributed by atoms with van der Waals surface area (Å²) in [5, 5.41) is 16.3. The van der Waals surface area contributed by atoms with Crippen molar-refractivity contribution in [3.05, 3.63) is 58.4 Å². The van der Waals surface area contributed by atoms with Crippen LogP contribution in [0.25, 0.3) is 0 Å². The smallest absolute Gasteiger partial charge is 0.244 e. The van der Waals surface area contributed by atoms with E-state index in [-0.39, 0.29) is 23.9 Å². The third-order valence-corrected chi connectivity index (χ3v) is 3.49. The van der Waals surface area contributed by atoms with Crippen LogP contribution in [0.4, 0.5) is 4.39 Å². The summed E-state index contributed by atoms with van der Waals surface area (Å²) in [4.78, 5) is 0. The first-order valence-electron chi connectivity index (χ1n) is 6.54. The van der Waals surface area contributed by atoms with Gasteiger partial charge in [-0.1, -0.05) is 12.1 Å². The van der Waals surface area contributed by atoms with Crippen molar-refractivity contribution in [3.8, 4) is 11.9 Å². The van der Waals surface area contributed by atoms with Gasteiger partial charge >= 0.3 is 0 Å². The summed E-state index contributed by atoms with van der Waals surface area (Å²) < 4.78 is 24.1. The Bertz CT molecular complexity index is 791. The van der Waals surface area contributed by atoms with Gasteiger partial charge in [0.15, 0.2) is 0 Å². The summed E-state index contributed by atoms with van der Waals surface area (Å²) in [7, 11) is 1.55. The van der Waals surface area contributed by atoms with E-state index in [2.05, 4.69) is 10.2 Å². The fourth-order valence-corrected chi connectivity index (χ4v) is 2.58. The molecule has 1 aromatic carbocycles. The molecule has 0 saturated heterocycles. The van der Waals surface area contributed by atoms with Gasteiger partial charge in [-0.25, -0.2) is 4.39 Å². The molecule has 2 aromatic rings. The molecule has 0 saturated carbocycles. The quantitative estimate of drug-likeness (QED) is 0.902. The standard InChI is InChI=1S/C15H13FN4O2/c1-21-7-11-13-12(8-3-2-4-9(16)5-8)10(6-17)14(18)22-15(13)20-19-11/h2-5,12H,7,18H2,1H3,(H,19,20)/t12-/m1/s1. The van der Waals surface area contributed by atoms with Gasteiger partial charge in [-0.05, 0) is 17.7 Å². The van der Waals surface area contributed by atoms with E-state index < -0.39 is 11.7 Å². The first-order chi connectivity index (χ1) is 10.7. The number of allylic oxidation sites excluding steroid dienone is 1. The molecule has 1 aliphatic heterocycles. The van der Waals surface area contributed by atoms with Crippen LogP contribution in [0.15, 0.2) is 35.7 Å². The van der Waals surface area contributed by atoms with Gasteiger partial charge < -0.3 is 15.2 Å². The molecule has 3 N–H and O–H groups in total. The van der Waals surface area contributed by atoms with E-state index >= 15 is 0 Å². The Balaban J connectivity index is 2.21. The predicted molar refractivity (Wildman–Crippen MR) is 75.0 cm³/mol. The minimum absolute atomic E-state index is 0.0280. The number of aromatic amines is 1. The molecule has 0 radical (unpaired) electrons. The number of aromatic nitrogens is 2. The first-order valence-corrected chi connectivity index (χ1v) is 6.54. The van der Waals surface area contributed by atoms with Crippen molar-refractivity contribution in [2.75, 3.05) is 7.11 Å². The number of fused-ring (bicyclic) bond motifs is 1. The molecular formula is C15H13FN4O2. The highest BCUT2D eigenvalue weighted by molar-refractivity contribution is 5.55. The minimum Gasteiger partial charge on any atom is -0.420 e. The number of hydrogen-bond donors (Lipinski definition) is 2. The van der Waals surface area contributed by atoms with Gasteiger partial charge in [0, 0.05) is 7.11 Å². The van der Waals surface area contributed by atoms with E-state index in [1.165, 1.54) is 12.1 Å². The Labute approximate surface area is 126 Å². The molecule has 0 aliphatic carbocycles. The molecule has 22 heavy (non-hydrogen) atoms. The molecule has 1 aromatic heterocycles. The highest BCUT2D eigenvalue weighted by Gasteiger charge is 2.35. The topological polar surface area (TPSA) is 97.0 Å². The number of methoxy groups -OCH3 is 1. The lowest BCUT2D eigenvalue weighted by Gasteiger charge is -2.24. The van der Waals surface area contributed by atoms with Crippen molar-refractivity contribution in [2.24, 2.45) is 5.73 Å². The molecule has 0 unspecified atom stereocenters. The van der Waals surface area contributed by atoms with Crippen LogP contribution in [0.5, 0.6) is 5.88 Å². The van der Waals surface area contributed by atoms with Crippen LogP contribution in [0.3, 0.4) is 0 Å². The zero-order chi connectivity index (χ0) is 15.7. The molecule has 3 rings (SSSR count). The molecule has 6 nitrogen and oxygen atoms in total. The fourth-order valence-electron chi connectivity index (χ4n) is 2.58. The summed E-state index contributed by atoms with van der Waals surface area (Å²) in [6.45, 7) is 0.260. The maximum atomic E-state index is 13.6. The van der Waals surface area contributed by atoms with Gasteiger partial charge in [0.05, 0.1) is 23.8 Å². The number of nitriles is 1. The lowest BCUT2D eigenvalue weighted by atomic mass is 9.84. The Morgan fingerprint density at radius 1 is 1.55 bits per heavy atom. The molecule has 0 fully saturated rings. The number of hydrogen-bond acceptors (Lipinski definition) is 5. The van der Waals surface area contributed by atoms with Gasteiger partial charge in [0.1, 0.15) is 17.5 Å². The summed E-state index contributed by atoms with van der Waals surface area (Å²) in [5.74, 6) is -0.691. The van der Waals surface area contributed by atoms with Crippen LogP contribution in [0, 0.1) is 17.1 Å². The monoisotopic (exact) mass is 300 g/mol. The molecule has 0 amide bonds. The summed E-state index contributed by atoms with van der Waals surface area (Å²) in [6.07, 6.45) is 0. The highest BCUT2D eigenvalue weighted by atomic mass is 19.1. The van der Waals surface area contributed by atoms with E-state index in [0.29, 0.717) is 16.8 Å². The van der Waals surface area contributed by atoms with Crippen molar-refractivity contribution in [1.29, 1.82) is 5.26 Å². The zero-order valence-corrected chi connectivity index (χ0v) is 11.8. The average molecular weight is 300 g/mol. The predicted octanol–water partition coefficient (Wildman–Crippen LogP) is 1.91. The second kappa shape index (κ2) is 5.50. The number of benzene rings is 1. The molecule has 7 heteroatoms. The number of rotatable bonds is 3. The third-order valence-electron chi connectivity index (χ3n) is 3.49. The van der Waals surface area contributed by atoms with E-state index in [1.54, 1.807) is 19.2 Å². The molecule has 1 atom stereocenters. The molecule has 0 bridgehead atoms. The van der Waals surface area contributed by atoms with E-state index in [0.717, 1.165) is 0 Å². The maximum Gasteiger partial charge on any atom is 0.244 e. The summed E-state index contributed by atoms with van der Waals surface area (Å²) in [5.41, 5.74) is 7.92. The Hall–Kier alpha value is -2.85. The lowest BCUT2D eigenvalue weighted by Crippen LogP contribution is -2.21. The van der Waals surface area contributed by atoms with Crippen molar-refractivity contribution in [3.63, 3.8) is 0 Å². The van der Waals surface area contributed by atoms with Gasteiger partial charge in [-0.2, -0.15) is 5.26 Å². The van der Waals surface area contributed by atoms with E-state index in [1.807, 2.05) is 6.07 Å². The van der Waals surface area contributed by atoms with Gasteiger partial charge in [-0.15, -0.1) is 5.10 Å². The van der Waals surface area contributed by atoms with Crippen LogP contribution >= 0.6 is 0 Å². The van der Waals surface area contributed by atoms with Crippen LogP contribution in [0.1, 0.15) is 22.7 Å². The molecule has 2 heterocycles. The van der Waals surface area contributed by atoms with Gasteiger partial charge in [0.25, 0.3) is 0 Å². The second-order valence-electron chi connectivity index (χ2n) is 4.83. The molecule has 1 aliphatic rings. The number of nitrogens with zero attached hydrogens (tertiary/aromatic N) is 2. The molecule has 0 spiro atoms. The van der Waals surface area contributed by atoms with Crippen LogP contribution < -0.4 is 10.5 Å². The van der Waals surface area contributed by atoms with Crippen molar-refractivity contribution < 1.29 is 13.9 Å². The Kier molecular flexibility index (Phi) is 3.53. The first kappa shape index (κ1) is 14.1. The van der Waals surface area contributed by atoms with Gasteiger partial charge in [-0.3, -0.25) is 5.10 Å². The summed E-state index contributed by atoms with van der Waals surface area (Å²) in [6, 6.07) is 8.07. The van der Waals surface area contributed by atoms with Crippen molar-refractivity contribution in [1.82, 2.24) is 10.2 Å². The number of halogens is 1. The summed E-state index contributed by atoms with van der Waals surface area (Å²) >= 11 is 0. The van der Waals surface area contributed by atoms with Crippen LogP contribution in [-0.4, -0.2) is 17.3 Å². The second-order valence-corrected chi connectivity index (χ2v) is 4.83. The lowest BCUT2D eigenvalue weighted by molar-refractivity contribution is 0.180. The zero-order valence-electron chi connectivity index (χ0n) is 11.8. The number of nitrogens with one attached hydrogen (secondary N) is 1. The Morgan fingerprint density at radius 3 is 3.05 bits per heavy atom. The number of ether oxygens (including phenoxy) is 2. The average Bonchev–Trinajstić information content (AvgIpc) is 2.88. The van der Waals surface area contributed by atoms with Crippen molar-refractivity contribution in [2.45, 2.75) is 12.5 Å². The fraction of sp³-hybridized carbons (Fsp3) is 0.200. The minimum atomic E-state index is -0.548. The molecule has 112 valence electrons. The Morgan fingerprint density at radius 2 is 2.36 bits per heavy atom. The third kappa shape index (κ3) is 2.19. The number of H-pyrrole nitrogens is 1. The van der Waals surface area contributed by atoms with E-state index in [9.17, 15) is 9.65 Å². The van der Waals surface area contributed by atoms with Crippen molar-refractivity contribution >= 4 is 0 Å². The largest absolute Gasteiger partial charge is 0.420 e.